The summed E-state index contributed by atoms with van der Waals surface area (Å²) in [6, 6.07) is 16.7. The molecule has 2 aliphatic rings. The number of hydrogen-bond donors (Lipinski definition) is 1. The Morgan fingerprint density at radius 2 is 1.71 bits per heavy atom. The highest BCUT2D eigenvalue weighted by Crippen LogP contribution is 2.38. The van der Waals surface area contributed by atoms with Crippen molar-refractivity contribution in [2.75, 3.05) is 18.3 Å². The lowest BCUT2D eigenvalue weighted by Gasteiger charge is -2.46. The fourth-order valence-corrected chi connectivity index (χ4v) is 5.03. The summed E-state index contributed by atoms with van der Waals surface area (Å²) < 4.78 is 7.85. The molecular formula is C28H29N3O4. The smallest absolute Gasteiger partial charge is 0.278 e. The molecule has 35 heavy (non-hydrogen) atoms. The van der Waals surface area contributed by atoms with Gasteiger partial charge >= 0.3 is 0 Å². The molecule has 2 aliphatic heterocycles. The van der Waals surface area contributed by atoms with Crippen molar-refractivity contribution in [3.8, 4) is 11.5 Å². The van der Waals surface area contributed by atoms with Gasteiger partial charge in [-0.2, -0.15) is 0 Å². The first kappa shape index (κ1) is 22.8. The lowest BCUT2D eigenvalue weighted by molar-refractivity contribution is 0.0588. The van der Waals surface area contributed by atoms with Gasteiger partial charge in [-0.05, 0) is 36.1 Å². The molecule has 7 nitrogen and oxygen atoms in total. The van der Waals surface area contributed by atoms with Gasteiger partial charge in [0.1, 0.15) is 25.1 Å². The van der Waals surface area contributed by atoms with Crippen LogP contribution in [0.15, 0.2) is 77.7 Å². The normalized spacial score (nSPS) is 20.5. The molecule has 0 aliphatic carbocycles. The number of ether oxygens (including phenoxy) is 1. The Kier molecular flexibility index (Phi) is 5.84. The number of nitrogens with zero attached hydrogens (tertiary/aromatic N) is 3. The van der Waals surface area contributed by atoms with Gasteiger partial charge in [0.15, 0.2) is 11.4 Å². The molecule has 1 N–H and O–H groups in total. The molecule has 0 unspecified atom stereocenters. The van der Waals surface area contributed by atoms with Crippen LogP contribution in [0.3, 0.4) is 0 Å². The summed E-state index contributed by atoms with van der Waals surface area (Å²) in [5.74, 6) is -0.0803. The summed E-state index contributed by atoms with van der Waals surface area (Å²) in [7, 11) is 0. The second-order valence-corrected chi connectivity index (χ2v) is 9.35. The zero-order chi connectivity index (χ0) is 24.7. The second-order valence-electron chi connectivity index (χ2n) is 9.35. The van der Waals surface area contributed by atoms with Crippen LogP contribution in [0.2, 0.25) is 0 Å². The molecule has 0 spiro atoms. The minimum Gasteiger partial charge on any atom is -0.502 e. The van der Waals surface area contributed by atoms with Crippen molar-refractivity contribution in [3.05, 3.63) is 106 Å². The molecule has 3 heterocycles. The van der Waals surface area contributed by atoms with Gasteiger partial charge in [0.2, 0.25) is 5.43 Å². The average Bonchev–Trinajstić information content (AvgIpc) is 2.87. The maximum Gasteiger partial charge on any atom is 0.278 e. The monoisotopic (exact) mass is 471 g/mol. The fraction of sp³-hybridized carbons (Fsp3) is 0.286. The van der Waals surface area contributed by atoms with E-state index in [9.17, 15) is 14.7 Å². The molecule has 2 atom stereocenters. The molecule has 0 saturated carbocycles. The molecule has 2 bridgehead atoms. The minimum atomic E-state index is -0.580. The zero-order valence-electron chi connectivity index (χ0n) is 20.1. The third-order valence-corrected chi connectivity index (χ3v) is 6.80. The lowest BCUT2D eigenvalue weighted by Crippen LogP contribution is -2.58. The Bertz CT molecular complexity index is 1360. The van der Waals surface area contributed by atoms with Crippen LogP contribution in [-0.4, -0.2) is 39.9 Å². The number of fused-ring (bicyclic) bond motifs is 5. The molecule has 2 aromatic carbocycles. The third kappa shape index (κ3) is 3.87. The number of carbonyl (C=O) groups is 1. The van der Waals surface area contributed by atoms with Crippen molar-refractivity contribution in [2.45, 2.75) is 32.9 Å². The van der Waals surface area contributed by atoms with Gasteiger partial charge < -0.3 is 14.7 Å². The molecule has 3 aromatic rings. The van der Waals surface area contributed by atoms with Gasteiger partial charge in [0.25, 0.3) is 5.91 Å². The first-order valence-electron chi connectivity index (χ1n) is 11.8. The van der Waals surface area contributed by atoms with Crippen molar-refractivity contribution in [2.24, 2.45) is 5.92 Å². The molecule has 180 valence electrons. The number of pyridine rings is 1. The largest absolute Gasteiger partial charge is 0.502 e. The minimum absolute atomic E-state index is 0.0287. The van der Waals surface area contributed by atoms with Crippen molar-refractivity contribution in [1.29, 1.82) is 0 Å². The molecule has 0 radical (unpaired) electrons. The lowest BCUT2D eigenvalue weighted by atomic mass is 9.93. The first-order chi connectivity index (χ1) is 16.9. The van der Waals surface area contributed by atoms with Crippen LogP contribution in [0.1, 0.15) is 47.1 Å². The highest BCUT2D eigenvalue weighted by Gasteiger charge is 2.40. The van der Waals surface area contributed by atoms with E-state index in [1.165, 1.54) is 6.07 Å². The van der Waals surface area contributed by atoms with Crippen molar-refractivity contribution in [1.82, 2.24) is 9.58 Å². The van der Waals surface area contributed by atoms with E-state index in [0.717, 1.165) is 22.4 Å². The van der Waals surface area contributed by atoms with Crippen LogP contribution < -0.4 is 15.2 Å². The van der Waals surface area contributed by atoms with E-state index in [1.54, 1.807) is 15.8 Å². The van der Waals surface area contributed by atoms with E-state index in [-0.39, 0.29) is 36.3 Å². The SMILES string of the molecule is Cc1ccccc1[C@H]1c2ccccc2OC/C=C/[C@H](C(C)C)N2CN1n1ccc(=O)c(O)c1C2=O. The molecule has 0 saturated heterocycles. The molecule has 1 amide bonds. The zero-order valence-corrected chi connectivity index (χ0v) is 20.1. The summed E-state index contributed by atoms with van der Waals surface area (Å²) in [5.41, 5.74) is 2.44. The number of aryl methyl sites for hydroxylation is 1. The third-order valence-electron chi connectivity index (χ3n) is 6.80. The molecular weight excluding hydrogens is 442 g/mol. The first-order valence-corrected chi connectivity index (χ1v) is 11.8. The molecule has 1 aromatic heterocycles. The highest BCUT2D eigenvalue weighted by atomic mass is 16.5. The summed E-state index contributed by atoms with van der Waals surface area (Å²) in [6.07, 6.45) is 5.48. The summed E-state index contributed by atoms with van der Waals surface area (Å²) in [5, 5.41) is 12.8. The van der Waals surface area contributed by atoms with E-state index in [1.807, 2.05) is 67.4 Å². The van der Waals surface area contributed by atoms with Crippen LogP contribution in [0, 0.1) is 12.8 Å². The van der Waals surface area contributed by atoms with Crippen LogP contribution >= 0.6 is 0 Å². The number of carbonyl (C=O) groups excluding carboxylic acids is 1. The van der Waals surface area contributed by atoms with E-state index in [2.05, 4.69) is 19.1 Å². The van der Waals surface area contributed by atoms with Crippen molar-refractivity contribution in [3.63, 3.8) is 0 Å². The molecule has 7 heteroatoms. The number of aromatic nitrogens is 1. The molecule has 0 fully saturated rings. The standard InChI is InChI=1S/C28H29N3O4/c1-18(2)22-12-8-16-35-24-13-7-6-11-21(24)25(20-10-5-4-9-19(20)3)31-17-29(22)28(34)26-27(33)23(32)14-15-30(26)31/h4-15,18,22,25,33H,16-17H2,1-3H3/b12-8+/t22-,25+/m1/s1. The summed E-state index contributed by atoms with van der Waals surface area (Å²) >= 11 is 0. The van der Waals surface area contributed by atoms with E-state index in [4.69, 9.17) is 4.74 Å². The predicted molar refractivity (Wildman–Crippen MR) is 134 cm³/mol. The van der Waals surface area contributed by atoms with E-state index >= 15 is 0 Å². The summed E-state index contributed by atoms with van der Waals surface area (Å²) in [4.78, 5) is 27.9. The molecule has 5 rings (SSSR count). The number of aromatic hydroxyl groups is 1. The average molecular weight is 472 g/mol. The predicted octanol–water partition coefficient (Wildman–Crippen LogP) is 3.98. The Hall–Kier alpha value is -4.00. The number of para-hydroxylation sites is 1. The van der Waals surface area contributed by atoms with Crippen LogP contribution in [0.4, 0.5) is 0 Å². The van der Waals surface area contributed by atoms with Gasteiger partial charge in [-0.25, -0.2) is 0 Å². The quantitative estimate of drug-likeness (QED) is 0.573. The van der Waals surface area contributed by atoms with Crippen LogP contribution in [0.5, 0.6) is 11.5 Å². The summed E-state index contributed by atoms with van der Waals surface area (Å²) in [6.45, 7) is 6.77. The van der Waals surface area contributed by atoms with Crippen LogP contribution in [-0.2, 0) is 0 Å². The van der Waals surface area contributed by atoms with Gasteiger partial charge in [-0.15, -0.1) is 0 Å². The number of amides is 1. The van der Waals surface area contributed by atoms with Crippen molar-refractivity contribution < 1.29 is 14.6 Å². The Morgan fingerprint density at radius 1 is 1.00 bits per heavy atom. The number of benzene rings is 2. The fourth-order valence-electron chi connectivity index (χ4n) is 5.03. The highest BCUT2D eigenvalue weighted by molar-refractivity contribution is 5.96. The Balaban J connectivity index is 1.84. The van der Waals surface area contributed by atoms with E-state index in [0.29, 0.717) is 6.61 Å². The van der Waals surface area contributed by atoms with Gasteiger partial charge in [0, 0.05) is 17.8 Å². The Labute approximate surface area is 204 Å². The van der Waals surface area contributed by atoms with E-state index < -0.39 is 11.2 Å². The number of hydrogen-bond acceptors (Lipinski definition) is 5. The maximum absolute atomic E-state index is 13.7. The maximum atomic E-state index is 13.7. The van der Waals surface area contributed by atoms with Gasteiger partial charge in [-0.3, -0.25) is 19.3 Å². The number of rotatable bonds is 2. The second kappa shape index (κ2) is 8.98. The van der Waals surface area contributed by atoms with Gasteiger partial charge in [-0.1, -0.05) is 62.4 Å². The topological polar surface area (TPSA) is 75.0 Å². The van der Waals surface area contributed by atoms with Crippen LogP contribution in [0.25, 0.3) is 0 Å². The van der Waals surface area contributed by atoms with Crippen molar-refractivity contribution >= 4 is 5.91 Å². The van der Waals surface area contributed by atoms with Gasteiger partial charge in [0.05, 0.1) is 6.04 Å². The Morgan fingerprint density at radius 3 is 2.46 bits per heavy atom.